The normalized spacial score (nSPS) is 17.0. The summed E-state index contributed by atoms with van der Waals surface area (Å²) in [5, 5.41) is 9.80. The largest absolute Gasteiger partial charge is 0.467 e. The van der Waals surface area contributed by atoms with Gasteiger partial charge in [0, 0.05) is 49.6 Å². The lowest BCUT2D eigenvalue weighted by Gasteiger charge is -2.29. The molecule has 1 aliphatic carbocycles. The zero-order chi connectivity index (χ0) is 29.9. The first kappa shape index (κ1) is 29.0. The lowest BCUT2D eigenvalue weighted by atomic mass is 9.93. The van der Waals surface area contributed by atoms with E-state index in [4.69, 9.17) is 21.1 Å². The summed E-state index contributed by atoms with van der Waals surface area (Å²) in [6.45, 7) is 0. The maximum atomic E-state index is 13.6. The Hall–Kier alpha value is -4.53. The molecule has 4 aromatic heterocycles. The number of halogens is 4. The number of alkyl halides is 3. The Kier molecular flexibility index (Phi) is 8.38. The number of rotatable bonds is 7. The molecule has 1 fully saturated rings. The van der Waals surface area contributed by atoms with Gasteiger partial charge in [-0.1, -0.05) is 11.6 Å². The molecule has 0 radical (unpaired) electrons. The van der Waals surface area contributed by atoms with Crippen LogP contribution in [0.1, 0.15) is 31.2 Å². The SMILES string of the molecule is COc1ncc(-c2ccnc(NC(=O)OC3CCC(Nc4ncc(C(F)(F)F)c(-c5nn(C)cc5Cl)n4)CC3)c2)cn1. The lowest BCUT2D eigenvalue weighted by Crippen LogP contribution is -2.32. The number of carbonyl (C=O) groups is 1. The van der Waals surface area contributed by atoms with Crippen molar-refractivity contribution in [3.05, 3.63) is 53.7 Å². The van der Waals surface area contributed by atoms with E-state index in [0.29, 0.717) is 37.1 Å². The van der Waals surface area contributed by atoms with Crippen LogP contribution in [0, 0.1) is 0 Å². The molecule has 1 amide bonds. The third-order valence-electron chi connectivity index (χ3n) is 6.52. The van der Waals surface area contributed by atoms with Crippen molar-refractivity contribution in [1.29, 1.82) is 0 Å². The summed E-state index contributed by atoms with van der Waals surface area (Å²) >= 11 is 6.11. The van der Waals surface area contributed by atoms with Crippen molar-refractivity contribution < 1.29 is 27.4 Å². The summed E-state index contributed by atoms with van der Waals surface area (Å²) in [5.41, 5.74) is -0.0655. The zero-order valence-corrected chi connectivity index (χ0v) is 23.1. The molecule has 16 heteroatoms. The molecule has 0 unspecified atom stereocenters. The van der Waals surface area contributed by atoms with Crippen LogP contribution in [0.3, 0.4) is 0 Å². The van der Waals surface area contributed by atoms with Gasteiger partial charge in [-0.05, 0) is 43.4 Å². The van der Waals surface area contributed by atoms with Gasteiger partial charge in [-0.25, -0.2) is 29.7 Å². The van der Waals surface area contributed by atoms with Crippen molar-refractivity contribution in [3.63, 3.8) is 0 Å². The highest BCUT2D eigenvalue weighted by atomic mass is 35.5. The van der Waals surface area contributed by atoms with Gasteiger partial charge in [0.25, 0.3) is 0 Å². The minimum atomic E-state index is -4.69. The molecule has 42 heavy (non-hydrogen) atoms. The van der Waals surface area contributed by atoms with Crippen molar-refractivity contribution in [2.75, 3.05) is 17.7 Å². The highest BCUT2D eigenvalue weighted by Crippen LogP contribution is 2.38. The number of nitrogens with one attached hydrogen (secondary N) is 2. The second-order valence-electron chi connectivity index (χ2n) is 9.49. The molecule has 4 heterocycles. The third kappa shape index (κ3) is 6.84. The molecule has 4 aromatic rings. The number of methoxy groups -OCH3 is 1. The minimum Gasteiger partial charge on any atom is -0.467 e. The molecule has 0 saturated heterocycles. The first-order chi connectivity index (χ1) is 20.1. The van der Waals surface area contributed by atoms with Gasteiger partial charge in [0.05, 0.1) is 12.1 Å². The molecule has 0 aliphatic heterocycles. The van der Waals surface area contributed by atoms with Crippen molar-refractivity contribution in [3.8, 4) is 28.5 Å². The maximum absolute atomic E-state index is 13.6. The molecule has 1 aliphatic rings. The monoisotopic (exact) mass is 603 g/mol. The Morgan fingerprint density at radius 3 is 2.43 bits per heavy atom. The van der Waals surface area contributed by atoms with Crippen LogP contribution in [0.25, 0.3) is 22.5 Å². The summed E-state index contributed by atoms with van der Waals surface area (Å²) in [4.78, 5) is 32.8. The minimum absolute atomic E-state index is 0.0232. The average molecular weight is 604 g/mol. The van der Waals surface area contributed by atoms with Crippen molar-refractivity contribution in [2.24, 2.45) is 7.05 Å². The molecule has 0 aromatic carbocycles. The van der Waals surface area contributed by atoms with Crippen molar-refractivity contribution in [2.45, 2.75) is 44.0 Å². The molecular weight excluding hydrogens is 579 g/mol. The van der Waals surface area contributed by atoms with Crippen LogP contribution in [0.15, 0.2) is 43.1 Å². The highest BCUT2D eigenvalue weighted by Gasteiger charge is 2.37. The van der Waals surface area contributed by atoms with E-state index in [2.05, 4.69) is 40.7 Å². The van der Waals surface area contributed by atoms with E-state index in [9.17, 15) is 18.0 Å². The number of ether oxygens (including phenoxy) is 2. The van der Waals surface area contributed by atoms with Crippen molar-refractivity contribution in [1.82, 2.24) is 34.7 Å². The number of hydrogen-bond acceptors (Lipinski definition) is 10. The van der Waals surface area contributed by atoms with E-state index in [-0.39, 0.29) is 34.8 Å². The number of amides is 1. The summed E-state index contributed by atoms with van der Waals surface area (Å²) in [6, 6.07) is 3.53. The maximum Gasteiger partial charge on any atom is 0.420 e. The van der Waals surface area contributed by atoms with Gasteiger partial charge in [0.15, 0.2) is 0 Å². The molecule has 12 nitrogen and oxygen atoms in total. The first-order valence-electron chi connectivity index (χ1n) is 12.8. The van der Waals surface area contributed by atoms with Crippen LogP contribution >= 0.6 is 11.6 Å². The van der Waals surface area contributed by atoms with Gasteiger partial charge in [-0.15, -0.1) is 0 Å². The summed E-state index contributed by atoms with van der Waals surface area (Å²) in [6.07, 6.45) is 3.38. The van der Waals surface area contributed by atoms with E-state index in [0.717, 1.165) is 11.8 Å². The first-order valence-corrected chi connectivity index (χ1v) is 13.2. The van der Waals surface area contributed by atoms with Crippen LogP contribution in [0.4, 0.5) is 29.7 Å². The van der Waals surface area contributed by atoms with Gasteiger partial charge in [0.2, 0.25) is 5.95 Å². The number of carbonyl (C=O) groups excluding carboxylic acids is 1. The zero-order valence-electron chi connectivity index (χ0n) is 22.4. The molecule has 0 spiro atoms. The molecule has 0 bridgehead atoms. The fourth-order valence-electron chi connectivity index (χ4n) is 4.50. The second kappa shape index (κ2) is 12.1. The topological polar surface area (TPSA) is 142 Å². The predicted molar refractivity (Wildman–Crippen MR) is 146 cm³/mol. The van der Waals surface area contributed by atoms with Gasteiger partial charge in [0.1, 0.15) is 28.9 Å². The summed E-state index contributed by atoms with van der Waals surface area (Å²) < 4.78 is 52.8. The van der Waals surface area contributed by atoms with Crippen LogP contribution < -0.4 is 15.4 Å². The highest BCUT2D eigenvalue weighted by molar-refractivity contribution is 6.32. The van der Waals surface area contributed by atoms with Crippen LogP contribution in [-0.2, 0) is 18.0 Å². The van der Waals surface area contributed by atoms with E-state index in [1.165, 1.54) is 18.0 Å². The molecule has 220 valence electrons. The standard InChI is InChI=1S/C26H25ClF3N9O3/c1-39-13-19(27)22(38-39)21-18(26(28,29)30)12-32-23(37-21)35-16-3-5-17(6-4-16)42-25(40)36-20-9-14(7-8-31-20)15-10-33-24(41-2)34-11-15/h7-13,16-17H,3-6H2,1-2H3,(H,31,36,40)(H,32,35,37). The third-order valence-corrected chi connectivity index (χ3v) is 6.79. The lowest BCUT2D eigenvalue weighted by molar-refractivity contribution is -0.137. The van der Waals surface area contributed by atoms with Gasteiger partial charge in [-0.2, -0.15) is 18.3 Å². The van der Waals surface area contributed by atoms with E-state index >= 15 is 0 Å². The Morgan fingerprint density at radius 1 is 1.05 bits per heavy atom. The quantitative estimate of drug-likeness (QED) is 0.283. The van der Waals surface area contributed by atoms with Gasteiger partial charge < -0.3 is 14.8 Å². The Morgan fingerprint density at radius 2 is 1.79 bits per heavy atom. The van der Waals surface area contributed by atoms with Crippen LogP contribution in [0.2, 0.25) is 5.02 Å². The molecule has 5 rings (SSSR count). The summed E-state index contributed by atoms with van der Waals surface area (Å²) in [7, 11) is 3.03. The number of hydrogen-bond donors (Lipinski definition) is 2. The number of nitrogens with zero attached hydrogens (tertiary/aromatic N) is 7. The predicted octanol–water partition coefficient (Wildman–Crippen LogP) is 5.38. The molecular formula is C26H25ClF3N9O3. The van der Waals surface area contributed by atoms with E-state index in [1.807, 2.05) is 0 Å². The number of anilines is 2. The van der Waals surface area contributed by atoms with Crippen LogP contribution in [0.5, 0.6) is 6.01 Å². The summed E-state index contributed by atoms with van der Waals surface area (Å²) in [5.74, 6) is 0.321. The molecule has 0 atom stereocenters. The fourth-order valence-corrected chi connectivity index (χ4v) is 4.77. The number of aryl methyl sites for hydroxylation is 1. The molecule has 2 N–H and O–H groups in total. The Balaban J connectivity index is 1.17. The van der Waals surface area contributed by atoms with Crippen LogP contribution in [-0.4, -0.2) is 60.0 Å². The average Bonchev–Trinajstić information content (AvgIpc) is 3.31. The smallest absolute Gasteiger partial charge is 0.420 e. The van der Waals surface area contributed by atoms with E-state index < -0.39 is 23.5 Å². The second-order valence-corrected chi connectivity index (χ2v) is 9.90. The van der Waals surface area contributed by atoms with Gasteiger partial charge in [-0.3, -0.25) is 10.00 Å². The van der Waals surface area contributed by atoms with E-state index in [1.54, 1.807) is 37.8 Å². The fraction of sp³-hybridized carbons (Fsp3) is 0.346. The Labute approximate surface area is 242 Å². The Bertz CT molecular complexity index is 1560. The van der Waals surface area contributed by atoms with Gasteiger partial charge >= 0.3 is 18.3 Å². The number of pyridine rings is 1. The number of aromatic nitrogens is 7. The molecule has 1 saturated carbocycles. The van der Waals surface area contributed by atoms with Crippen molar-refractivity contribution >= 4 is 29.5 Å².